The first-order valence-corrected chi connectivity index (χ1v) is 14.5. The summed E-state index contributed by atoms with van der Waals surface area (Å²) >= 11 is 0. The van der Waals surface area contributed by atoms with Gasteiger partial charge in [0.25, 0.3) is 11.8 Å². The fourth-order valence-electron chi connectivity index (χ4n) is 5.53. The van der Waals surface area contributed by atoms with Crippen LogP contribution in [-0.2, 0) is 35.1 Å². The van der Waals surface area contributed by atoms with Gasteiger partial charge < -0.3 is 24.8 Å². The van der Waals surface area contributed by atoms with Gasteiger partial charge in [-0.3, -0.25) is 19.2 Å². The molecule has 2 aliphatic rings. The molecule has 2 aromatic heterocycles. The highest BCUT2D eigenvalue weighted by Gasteiger charge is 2.24. The first-order valence-electron chi connectivity index (χ1n) is 14.5. The normalized spacial score (nSPS) is 16.6. The van der Waals surface area contributed by atoms with E-state index in [0.717, 1.165) is 44.6 Å². The number of ether oxygens (including phenoxy) is 2. The molecule has 3 N–H and O–H groups in total. The molecule has 2 amide bonds. The van der Waals surface area contributed by atoms with Crippen LogP contribution in [0.3, 0.4) is 0 Å². The summed E-state index contributed by atoms with van der Waals surface area (Å²) in [5.41, 5.74) is 8.84. The molecule has 0 radical (unpaired) electrons. The molecular weight excluding hydrogens is 572 g/mol. The quantitative estimate of drug-likeness (QED) is 0.332. The highest BCUT2D eigenvalue weighted by atomic mass is 16.5. The van der Waals surface area contributed by atoms with Crippen LogP contribution in [0.1, 0.15) is 66.8 Å². The second-order valence-electron chi connectivity index (χ2n) is 10.9. The third kappa shape index (κ3) is 6.64. The minimum absolute atomic E-state index is 0.115. The van der Waals surface area contributed by atoms with Crippen LogP contribution in [0, 0.1) is 13.8 Å². The van der Waals surface area contributed by atoms with Crippen molar-refractivity contribution in [1.29, 1.82) is 0 Å². The molecule has 4 rings (SSSR count). The molecule has 0 saturated carbocycles. The number of rotatable bonds is 11. The van der Waals surface area contributed by atoms with E-state index in [0.29, 0.717) is 46.3 Å². The molecule has 0 bridgehead atoms. The van der Waals surface area contributed by atoms with Crippen molar-refractivity contribution >= 4 is 53.8 Å². The zero-order chi connectivity index (χ0) is 33.0. The second kappa shape index (κ2) is 13.6. The van der Waals surface area contributed by atoms with Crippen LogP contribution in [0.25, 0.3) is 24.3 Å². The fraction of sp³-hybridized carbons (Fsp3) is 0.286. The maximum absolute atomic E-state index is 12.5. The van der Waals surface area contributed by atoms with E-state index in [1.54, 1.807) is 32.1 Å². The summed E-state index contributed by atoms with van der Waals surface area (Å²) in [5, 5.41) is 4.37. The minimum Gasteiger partial charge on any atom is -0.469 e. The van der Waals surface area contributed by atoms with Gasteiger partial charge in [-0.15, -0.1) is 0 Å². The van der Waals surface area contributed by atoms with Crippen molar-refractivity contribution in [3.05, 3.63) is 91.6 Å². The van der Waals surface area contributed by atoms with E-state index in [-0.39, 0.29) is 36.6 Å². The summed E-state index contributed by atoms with van der Waals surface area (Å²) < 4.78 is 9.67. The van der Waals surface area contributed by atoms with E-state index in [2.05, 4.69) is 33.4 Å². The van der Waals surface area contributed by atoms with Gasteiger partial charge in [-0.2, -0.15) is 0 Å². The van der Waals surface area contributed by atoms with Crippen molar-refractivity contribution in [3.63, 3.8) is 0 Å². The molecule has 234 valence electrons. The molecule has 0 aliphatic carbocycles. The molecule has 0 saturated heterocycles. The number of nitrogens with one attached hydrogen (secondary N) is 3. The monoisotopic (exact) mass is 610 g/mol. The highest BCUT2D eigenvalue weighted by Crippen LogP contribution is 2.27. The van der Waals surface area contributed by atoms with E-state index in [9.17, 15) is 19.2 Å². The molecule has 0 fully saturated rings. The first kappa shape index (κ1) is 32.7. The number of amides is 2. The average Bonchev–Trinajstić information content (AvgIpc) is 3.67. The molecule has 4 heterocycles. The van der Waals surface area contributed by atoms with Crippen molar-refractivity contribution in [2.75, 3.05) is 14.2 Å². The first-order chi connectivity index (χ1) is 21.4. The third-order valence-corrected chi connectivity index (χ3v) is 8.29. The summed E-state index contributed by atoms with van der Waals surface area (Å²) in [5.74, 6) is -1.23. The van der Waals surface area contributed by atoms with Crippen molar-refractivity contribution in [1.82, 2.24) is 15.3 Å². The average molecular weight is 611 g/mol. The number of aromatic amines is 2. The largest absolute Gasteiger partial charge is 0.469 e. The lowest BCUT2D eigenvalue weighted by atomic mass is 10.00. The number of esters is 2. The van der Waals surface area contributed by atoms with Crippen LogP contribution >= 0.6 is 0 Å². The van der Waals surface area contributed by atoms with Crippen LogP contribution in [-0.4, -0.2) is 53.7 Å². The molecule has 2 aliphatic heterocycles. The van der Waals surface area contributed by atoms with Gasteiger partial charge in [0.05, 0.1) is 25.6 Å². The van der Waals surface area contributed by atoms with Gasteiger partial charge in [-0.25, -0.2) is 4.99 Å². The number of hydrogen-bond donors (Lipinski definition) is 3. The molecule has 0 atom stereocenters. The Morgan fingerprint density at radius 1 is 0.800 bits per heavy atom. The number of carbonyl (C=O) groups is 4. The van der Waals surface area contributed by atoms with Gasteiger partial charge in [0.15, 0.2) is 0 Å². The Kier molecular flexibility index (Phi) is 9.86. The number of H-pyrrole nitrogens is 2. The number of allylic oxidation sites excluding steroid dienone is 2. The summed E-state index contributed by atoms with van der Waals surface area (Å²) in [7, 11) is 2.67. The minimum atomic E-state index is -0.378. The second-order valence-corrected chi connectivity index (χ2v) is 10.9. The molecular formula is C35H38N4O6. The summed E-state index contributed by atoms with van der Waals surface area (Å²) in [6.07, 6.45) is 10.0. The number of aromatic nitrogens is 2. The molecule has 0 unspecified atom stereocenters. The molecule has 45 heavy (non-hydrogen) atoms. The van der Waals surface area contributed by atoms with Crippen LogP contribution in [0.15, 0.2) is 52.2 Å². The molecule has 2 aromatic rings. The van der Waals surface area contributed by atoms with Crippen LogP contribution < -0.4 is 16.0 Å². The van der Waals surface area contributed by atoms with E-state index < -0.39 is 0 Å². The molecule has 0 aromatic carbocycles. The van der Waals surface area contributed by atoms with E-state index in [1.165, 1.54) is 14.2 Å². The maximum atomic E-state index is 12.5. The number of carbonyl (C=O) groups excluding carboxylic acids is 4. The van der Waals surface area contributed by atoms with Crippen molar-refractivity contribution in [3.8, 4) is 0 Å². The van der Waals surface area contributed by atoms with Gasteiger partial charge >= 0.3 is 11.9 Å². The van der Waals surface area contributed by atoms with Crippen molar-refractivity contribution in [2.24, 2.45) is 4.99 Å². The van der Waals surface area contributed by atoms with Gasteiger partial charge in [-0.05, 0) is 81.0 Å². The Balaban J connectivity index is 1.85. The molecule has 10 heteroatoms. The smallest absolute Gasteiger partial charge is 0.305 e. The lowest BCUT2D eigenvalue weighted by Crippen LogP contribution is -2.16. The van der Waals surface area contributed by atoms with Crippen molar-refractivity contribution < 1.29 is 28.7 Å². The van der Waals surface area contributed by atoms with Crippen molar-refractivity contribution in [2.45, 2.75) is 53.4 Å². The summed E-state index contributed by atoms with van der Waals surface area (Å²) in [4.78, 5) is 59.9. The summed E-state index contributed by atoms with van der Waals surface area (Å²) in [6.45, 7) is 15.2. The number of hydrogen-bond acceptors (Lipinski definition) is 6. The number of aliphatic imine (C=N–C) groups is 1. The topological polar surface area (TPSA) is 143 Å². The summed E-state index contributed by atoms with van der Waals surface area (Å²) in [6, 6.07) is 0. The molecule has 10 nitrogen and oxygen atoms in total. The Labute approximate surface area is 261 Å². The highest BCUT2D eigenvalue weighted by molar-refractivity contribution is 6.31. The van der Waals surface area contributed by atoms with E-state index in [1.807, 2.05) is 26.0 Å². The van der Waals surface area contributed by atoms with E-state index >= 15 is 0 Å². The zero-order valence-corrected chi connectivity index (χ0v) is 26.5. The van der Waals surface area contributed by atoms with Crippen LogP contribution in [0.2, 0.25) is 0 Å². The number of methoxy groups -OCH3 is 2. The van der Waals surface area contributed by atoms with E-state index in [4.69, 9.17) is 9.47 Å². The van der Waals surface area contributed by atoms with Gasteiger partial charge in [0.2, 0.25) is 0 Å². The Hall–Kier alpha value is -5.25. The zero-order valence-electron chi connectivity index (χ0n) is 26.5. The van der Waals surface area contributed by atoms with Gasteiger partial charge in [-0.1, -0.05) is 25.3 Å². The fourth-order valence-corrected chi connectivity index (χ4v) is 5.53. The predicted molar refractivity (Wildman–Crippen MR) is 174 cm³/mol. The Morgan fingerprint density at radius 2 is 1.47 bits per heavy atom. The van der Waals surface area contributed by atoms with Crippen LogP contribution in [0.5, 0.6) is 0 Å². The maximum Gasteiger partial charge on any atom is 0.305 e. The Morgan fingerprint density at radius 3 is 2.09 bits per heavy atom. The van der Waals surface area contributed by atoms with Gasteiger partial charge in [0.1, 0.15) is 0 Å². The third-order valence-electron chi connectivity index (χ3n) is 8.29. The lowest BCUT2D eigenvalue weighted by Gasteiger charge is -2.04. The SMILES string of the molecule is C=CC1=C(C)C(=O)N/C1=C\c1[nH]c(/C=c2/[nH]/c(=C/C3=NC(=O)C(C)=C3CCC(=O)OC)c(CCC(=O)OC)c2C)c(C=C)c1C. The molecule has 0 spiro atoms. The number of nitrogens with zero attached hydrogens (tertiary/aromatic N) is 1. The lowest BCUT2D eigenvalue weighted by molar-refractivity contribution is -0.141. The predicted octanol–water partition coefficient (Wildman–Crippen LogP) is 3.54. The Bertz CT molecular complexity index is 1890. The standard InChI is InChI=1S/C35H38N4O6/c1-9-22-18(3)26(16-29-23(10-2)20(5)34(42)38-29)36-28(22)15-27-19(4)24(11-13-32(40)44-7)30(37-27)17-31-25(12-14-33(41)45-8)21(6)35(43)39-31/h9-10,15-17,36-37H,1-2,11-14H2,3-8H3,(H,38,42)/b27-15+,29-16-,30-17+. The van der Waals surface area contributed by atoms with Crippen LogP contribution in [0.4, 0.5) is 0 Å². The van der Waals surface area contributed by atoms with Gasteiger partial charge in [0, 0.05) is 57.2 Å².